The van der Waals surface area contributed by atoms with E-state index < -0.39 is 7.60 Å². The van der Waals surface area contributed by atoms with Crippen LogP contribution in [0.3, 0.4) is 0 Å². The molecule has 0 atom stereocenters. The normalized spacial score (nSPS) is 14.4. The summed E-state index contributed by atoms with van der Waals surface area (Å²) in [6.45, 7) is 4.94. The maximum absolute atomic E-state index is 10.9. The second kappa shape index (κ2) is 16.3. The smallest absolute Gasteiger partial charge is 0.325 e. The van der Waals surface area contributed by atoms with Crippen LogP contribution in [0.4, 0.5) is 0 Å². The number of hydrogen-bond donors (Lipinski definition) is 2. The van der Waals surface area contributed by atoms with Crippen LogP contribution in [0.25, 0.3) is 0 Å². The van der Waals surface area contributed by atoms with E-state index in [4.69, 9.17) is 9.79 Å². The molecule has 1 aliphatic heterocycles. The van der Waals surface area contributed by atoms with Crippen molar-refractivity contribution in [2.75, 3.05) is 25.9 Å². The summed E-state index contributed by atoms with van der Waals surface area (Å²) in [5.74, 6) is 0. The zero-order valence-electron chi connectivity index (χ0n) is 18.2. The van der Waals surface area contributed by atoms with E-state index in [1.165, 1.54) is 89.9 Å². The van der Waals surface area contributed by atoms with Gasteiger partial charge in [0.2, 0.25) is 0 Å². The Kier molecular flexibility index (Phi) is 14.9. The molecule has 0 aromatic rings. The Balaban J connectivity index is 1.81. The lowest BCUT2D eigenvalue weighted by molar-refractivity contribution is 0.260. The molecule has 0 aromatic heterocycles. The molecule has 6 heteroatoms. The summed E-state index contributed by atoms with van der Waals surface area (Å²) < 4.78 is 10.9. The fourth-order valence-electron chi connectivity index (χ4n) is 3.80. The lowest BCUT2D eigenvalue weighted by atomic mass is 10.0. The highest BCUT2D eigenvalue weighted by Crippen LogP contribution is 2.34. The molecule has 0 unspecified atom stereocenters. The average molecular weight is 417 g/mol. The second-order valence-corrected chi connectivity index (χ2v) is 10.2. The van der Waals surface area contributed by atoms with E-state index in [1.54, 1.807) is 0 Å². The van der Waals surface area contributed by atoms with E-state index in [0.29, 0.717) is 6.42 Å². The standard InChI is InChI=1S/C22H45N2O3P/c1-2-3-4-5-6-7-8-9-10-11-12-13-14-15-17-23-19-20-24(22-23)18-16-21-28(25,26)27/h19-20H,2-18,21-22H2,1H3,(H2,25,26,27). The van der Waals surface area contributed by atoms with Crippen molar-refractivity contribution in [1.29, 1.82) is 0 Å². The predicted octanol–water partition coefficient (Wildman–Crippen LogP) is 6.08. The molecule has 166 valence electrons. The quantitative estimate of drug-likeness (QED) is 0.197. The Labute approximate surface area is 173 Å². The molecular weight excluding hydrogens is 371 g/mol. The van der Waals surface area contributed by atoms with Gasteiger partial charge in [0, 0.05) is 25.5 Å². The summed E-state index contributed by atoms with van der Waals surface area (Å²) in [5.41, 5.74) is 0. The van der Waals surface area contributed by atoms with E-state index in [-0.39, 0.29) is 6.16 Å². The topological polar surface area (TPSA) is 64.0 Å². The molecule has 5 nitrogen and oxygen atoms in total. The van der Waals surface area contributed by atoms with Gasteiger partial charge in [-0.25, -0.2) is 0 Å². The monoisotopic (exact) mass is 416 g/mol. The third-order valence-electron chi connectivity index (χ3n) is 5.55. The minimum atomic E-state index is -3.85. The first-order chi connectivity index (χ1) is 13.5. The van der Waals surface area contributed by atoms with Crippen molar-refractivity contribution in [3.05, 3.63) is 12.4 Å². The molecule has 0 amide bonds. The maximum Gasteiger partial charge on any atom is 0.325 e. The molecule has 1 rings (SSSR count). The summed E-state index contributed by atoms with van der Waals surface area (Å²) in [4.78, 5) is 22.2. The van der Waals surface area contributed by atoms with Crippen LogP contribution in [0, 0.1) is 0 Å². The van der Waals surface area contributed by atoms with Crippen molar-refractivity contribution in [2.24, 2.45) is 0 Å². The molecule has 28 heavy (non-hydrogen) atoms. The first-order valence-corrected chi connectivity index (χ1v) is 13.5. The zero-order chi connectivity index (χ0) is 20.5. The van der Waals surface area contributed by atoms with Gasteiger partial charge < -0.3 is 19.6 Å². The van der Waals surface area contributed by atoms with Crippen molar-refractivity contribution < 1.29 is 14.4 Å². The van der Waals surface area contributed by atoms with Crippen LogP contribution >= 0.6 is 7.60 Å². The van der Waals surface area contributed by atoms with Crippen molar-refractivity contribution in [2.45, 2.75) is 103 Å². The molecule has 0 aliphatic carbocycles. The minimum absolute atomic E-state index is 0.0176. The first kappa shape index (κ1) is 25.5. The number of nitrogens with zero attached hydrogens (tertiary/aromatic N) is 2. The van der Waals surface area contributed by atoms with E-state index in [1.807, 2.05) is 6.20 Å². The first-order valence-electron chi connectivity index (χ1n) is 11.7. The van der Waals surface area contributed by atoms with Gasteiger partial charge in [-0.1, -0.05) is 90.4 Å². The molecule has 2 N–H and O–H groups in total. The van der Waals surface area contributed by atoms with Crippen molar-refractivity contribution >= 4 is 7.60 Å². The van der Waals surface area contributed by atoms with Crippen molar-refractivity contribution in [1.82, 2.24) is 9.80 Å². The molecule has 1 heterocycles. The van der Waals surface area contributed by atoms with Gasteiger partial charge in [0.1, 0.15) is 0 Å². The van der Waals surface area contributed by atoms with Gasteiger partial charge in [-0.2, -0.15) is 0 Å². The second-order valence-electron chi connectivity index (χ2n) is 8.40. The highest BCUT2D eigenvalue weighted by atomic mass is 31.2. The highest BCUT2D eigenvalue weighted by molar-refractivity contribution is 7.51. The Morgan fingerprint density at radius 2 is 1.07 bits per heavy atom. The predicted molar refractivity (Wildman–Crippen MR) is 119 cm³/mol. The fourth-order valence-corrected chi connectivity index (χ4v) is 4.35. The van der Waals surface area contributed by atoms with Crippen LogP contribution in [0.1, 0.15) is 103 Å². The van der Waals surface area contributed by atoms with Crippen LogP contribution in [-0.4, -0.2) is 45.5 Å². The molecule has 1 aliphatic rings. The molecule has 0 saturated heterocycles. The van der Waals surface area contributed by atoms with Gasteiger partial charge in [-0.3, -0.25) is 4.57 Å². The van der Waals surface area contributed by atoms with E-state index in [9.17, 15) is 4.57 Å². The molecular formula is C22H45N2O3P. The average Bonchev–Trinajstić information content (AvgIpc) is 3.08. The summed E-state index contributed by atoms with van der Waals surface area (Å²) in [6, 6.07) is 0. The van der Waals surface area contributed by atoms with Crippen LogP contribution < -0.4 is 0 Å². The van der Waals surface area contributed by atoms with Gasteiger partial charge in [-0.05, 0) is 12.8 Å². The third-order valence-corrected chi connectivity index (χ3v) is 6.44. The van der Waals surface area contributed by atoms with Gasteiger partial charge in [0.05, 0.1) is 12.8 Å². The van der Waals surface area contributed by atoms with Gasteiger partial charge >= 0.3 is 7.60 Å². The number of hydrogen-bond acceptors (Lipinski definition) is 3. The Morgan fingerprint density at radius 1 is 0.679 bits per heavy atom. The Hall–Kier alpha value is -0.510. The van der Waals surface area contributed by atoms with Gasteiger partial charge in [0.25, 0.3) is 0 Å². The minimum Gasteiger partial charge on any atom is -0.359 e. The molecule has 0 aromatic carbocycles. The number of rotatable bonds is 19. The van der Waals surface area contributed by atoms with Crippen molar-refractivity contribution in [3.63, 3.8) is 0 Å². The Bertz CT molecular complexity index is 439. The molecule has 0 radical (unpaired) electrons. The van der Waals surface area contributed by atoms with E-state index >= 15 is 0 Å². The molecule has 0 fully saturated rings. The van der Waals surface area contributed by atoms with Gasteiger partial charge in [-0.15, -0.1) is 0 Å². The summed E-state index contributed by atoms with van der Waals surface area (Å²) >= 11 is 0. The molecule has 0 saturated carbocycles. The van der Waals surface area contributed by atoms with Gasteiger partial charge in [0.15, 0.2) is 0 Å². The third kappa shape index (κ3) is 15.4. The maximum atomic E-state index is 10.9. The fraction of sp³-hybridized carbons (Fsp3) is 0.909. The zero-order valence-corrected chi connectivity index (χ0v) is 19.1. The van der Waals surface area contributed by atoms with Crippen LogP contribution in [-0.2, 0) is 4.57 Å². The lowest BCUT2D eigenvalue weighted by Gasteiger charge is -2.21. The summed E-state index contributed by atoms with van der Waals surface area (Å²) in [6.07, 6.45) is 24.1. The SMILES string of the molecule is CCCCCCCCCCCCCCCCN1C=CN(CCCP(=O)(O)O)C1. The van der Waals surface area contributed by atoms with Crippen LogP contribution in [0.15, 0.2) is 12.4 Å². The Morgan fingerprint density at radius 3 is 1.50 bits per heavy atom. The van der Waals surface area contributed by atoms with Crippen LogP contribution in [0.5, 0.6) is 0 Å². The van der Waals surface area contributed by atoms with E-state index in [2.05, 4.69) is 22.9 Å². The summed E-state index contributed by atoms with van der Waals surface area (Å²) in [7, 11) is -3.85. The van der Waals surface area contributed by atoms with E-state index in [0.717, 1.165) is 19.8 Å². The molecule has 0 bridgehead atoms. The number of unbranched alkanes of at least 4 members (excludes halogenated alkanes) is 13. The largest absolute Gasteiger partial charge is 0.359 e. The lowest BCUT2D eigenvalue weighted by Crippen LogP contribution is -2.27. The highest BCUT2D eigenvalue weighted by Gasteiger charge is 2.15. The van der Waals surface area contributed by atoms with Crippen LogP contribution in [0.2, 0.25) is 0 Å². The molecule has 0 spiro atoms. The summed E-state index contributed by atoms with van der Waals surface area (Å²) in [5, 5.41) is 0. The van der Waals surface area contributed by atoms with Crippen molar-refractivity contribution in [3.8, 4) is 0 Å².